The summed E-state index contributed by atoms with van der Waals surface area (Å²) < 4.78 is 0. The Hall–Kier alpha value is 0.310. The molecule has 1 nitrogen and oxygen atoms in total. The molecule has 2 heteroatoms. The highest BCUT2D eigenvalue weighted by Crippen LogP contribution is 2.47. The van der Waals surface area contributed by atoms with Gasteiger partial charge in [-0.2, -0.15) is 12.6 Å². The van der Waals surface area contributed by atoms with Crippen molar-refractivity contribution in [1.82, 2.24) is 4.90 Å². The lowest BCUT2D eigenvalue weighted by Gasteiger charge is -2.51. The summed E-state index contributed by atoms with van der Waals surface area (Å²) in [6.45, 7) is 7.13. The summed E-state index contributed by atoms with van der Waals surface area (Å²) in [5, 5.41) is 0.460. The molecule has 2 rings (SSSR count). The van der Waals surface area contributed by atoms with Gasteiger partial charge in [0.15, 0.2) is 0 Å². The van der Waals surface area contributed by atoms with Gasteiger partial charge in [-0.15, -0.1) is 0 Å². The number of hydrogen-bond donors (Lipinski definition) is 1. The SMILES string of the molecule is CCC1CC2CN(C(C)S)CCC12. The Balaban J connectivity index is 1.86. The zero-order chi connectivity index (χ0) is 9.42. The summed E-state index contributed by atoms with van der Waals surface area (Å²) in [5.74, 6) is 3.13. The van der Waals surface area contributed by atoms with Gasteiger partial charge in [0, 0.05) is 11.9 Å². The van der Waals surface area contributed by atoms with Gasteiger partial charge in [-0.1, -0.05) is 13.3 Å². The highest BCUT2D eigenvalue weighted by Gasteiger charge is 2.43. The molecule has 4 unspecified atom stereocenters. The molecule has 0 amide bonds. The molecule has 2 aliphatic rings. The van der Waals surface area contributed by atoms with Crippen LogP contribution >= 0.6 is 12.6 Å². The van der Waals surface area contributed by atoms with Crippen molar-refractivity contribution in [3.63, 3.8) is 0 Å². The third-order valence-corrected chi connectivity index (χ3v) is 4.41. The Morgan fingerprint density at radius 3 is 2.85 bits per heavy atom. The quantitative estimate of drug-likeness (QED) is 0.669. The highest BCUT2D eigenvalue weighted by molar-refractivity contribution is 7.80. The summed E-state index contributed by atoms with van der Waals surface area (Å²) in [4.78, 5) is 2.52. The first kappa shape index (κ1) is 9.85. The van der Waals surface area contributed by atoms with Crippen molar-refractivity contribution in [3.8, 4) is 0 Å². The Bertz CT molecular complexity index is 181. The van der Waals surface area contributed by atoms with E-state index < -0.39 is 0 Å². The molecule has 2 fully saturated rings. The van der Waals surface area contributed by atoms with E-state index in [1.807, 2.05) is 0 Å². The van der Waals surface area contributed by atoms with E-state index in [9.17, 15) is 0 Å². The molecule has 0 aromatic carbocycles. The second-order valence-electron chi connectivity index (χ2n) is 4.74. The van der Waals surface area contributed by atoms with Crippen molar-refractivity contribution in [2.75, 3.05) is 13.1 Å². The van der Waals surface area contributed by atoms with Crippen molar-refractivity contribution in [2.45, 2.75) is 38.5 Å². The van der Waals surface area contributed by atoms with Crippen LogP contribution in [0.4, 0.5) is 0 Å². The number of likely N-dealkylation sites (tertiary alicyclic amines) is 1. The average molecular weight is 199 g/mol. The molecule has 1 heterocycles. The number of nitrogens with zero attached hydrogens (tertiary/aromatic N) is 1. The Morgan fingerprint density at radius 1 is 1.54 bits per heavy atom. The number of fused-ring (bicyclic) bond motifs is 1. The van der Waals surface area contributed by atoms with Crippen LogP contribution in [0.1, 0.15) is 33.1 Å². The predicted octanol–water partition coefficient (Wildman–Crippen LogP) is 2.63. The smallest absolute Gasteiger partial charge is 0.0499 e. The van der Waals surface area contributed by atoms with E-state index in [1.54, 1.807) is 0 Å². The van der Waals surface area contributed by atoms with Crippen molar-refractivity contribution in [3.05, 3.63) is 0 Å². The topological polar surface area (TPSA) is 3.24 Å². The van der Waals surface area contributed by atoms with Gasteiger partial charge in [-0.05, 0) is 44.1 Å². The minimum Gasteiger partial charge on any atom is -0.292 e. The third-order valence-electron chi connectivity index (χ3n) is 4.09. The third kappa shape index (κ3) is 1.75. The maximum Gasteiger partial charge on any atom is 0.0499 e. The van der Waals surface area contributed by atoms with Gasteiger partial charge in [0.05, 0.1) is 0 Å². The Morgan fingerprint density at radius 2 is 2.31 bits per heavy atom. The van der Waals surface area contributed by atoms with Gasteiger partial charge in [0.2, 0.25) is 0 Å². The van der Waals surface area contributed by atoms with E-state index in [0.29, 0.717) is 5.37 Å². The molecular formula is C11H21NS. The van der Waals surface area contributed by atoms with Gasteiger partial charge in [-0.3, -0.25) is 4.90 Å². The summed E-state index contributed by atoms with van der Waals surface area (Å²) in [5.41, 5.74) is 0. The largest absolute Gasteiger partial charge is 0.292 e. The fourth-order valence-electron chi connectivity index (χ4n) is 3.13. The average Bonchev–Trinajstić information content (AvgIpc) is 2.07. The molecule has 0 radical (unpaired) electrons. The van der Waals surface area contributed by atoms with E-state index >= 15 is 0 Å². The summed E-state index contributed by atoms with van der Waals surface area (Å²) in [6.07, 6.45) is 4.31. The van der Waals surface area contributed by atoms with Crippen LogP contribution in [0, 0.1) is 17.8 Å². The first-order valence-electron chi connectivity index (χ1n) is 5.64. The van der Waals surface area contributed by atoms with Crippen LogP contribution in [0.25, 0.3) is 0 Å². The number of hydrogen-bond acceptors (Lipinski definition) is 2. The molecule has 1 saturated heterocycles. The summed E-state index contributed by atoms with van der Waals surface area (Å²) in [7, 11) is 0. The molecule has 1 saturated carbocycles. The van der Waals surface area contributed by atoms with Crippen LogP contribution in [0.2, 0.25) is 0 Å². The molecule has 0 bridgehead atoms. The van der Waals surface area contributed by atoms with Crippen molar-refractivity contribution >= 4 is 12.6 Å². The first-order valence-corrected chi connectivity index (χ1v) is 6.16. The maximum atomic E-state index is 4.51. The van der Waals surface area contributed by atoms with E-state index in [4.69, 9.17) is 0 Å². The van der Waals surface area contributed by atoms with E-state index in [-0.39, 0.29) is 0 Å². The van der Waals surface area contributed by atoms with E-state index in [2.05, 4.69) is 31.4 Å². The lowest BCUT2D eigenvalue weighted by molar-refractivity contribution is -0.0161. The molecule has 1 aliphatic heterocycles. The second kappa shape index (κ2) is 3.82. The summed E-state index contributed by atoms with van der Waals surface area (Å²) >= 11 is 4.51. The van der Waals surface area contributed by atoms with Crippen LogP contribution in [0.3, 0.4) is 0 Å². The number of thiol groups is 1. The Kier molecular flexibility index (Phi) is 2.89. The fraction of sp³-hybridized carbons (Fsp3) is 1.00. The summed E-state index contributed by atoms with van der Waals surface area (Å²) in [6, 6.07) is 0. The van der Waals surface area contributed by atoms with E-state index in [0.717, 1.165) is 17.8 Å². The molecule has 0 aromatic rings. The van der Waals surface area contributed by atoms with Crippen LogP contribution < -0.4 is 0 Å². The van der Waals surface area contributed by atoms with Crippen molar-refractivity contribution in [2.24, 2.45) is 17.8 Å². The van der Waals surface area contributed by atoms with Gasteiger partial charge < -0.3 is 0 Å². The monoisotopic (exact) mass is 199 g/mol. The lowest BCUT2D eigenvalue weighted by atomic mass is 9.61. The number of piperidine rings is 1. The molecule has 0 aromatic heterocycles. The molecule has 4 atom stereocenters. The molecular weight excluding hydrogens is 178 g/mol. The van der Waals surface area contributed by atoms with Gasteiger partial charge in [-0.25, -0.2) is 0 Å². The standard InChI is InChI=1S/C11H21NS/c1-3-9-6-10-7-12(8(2)13)5-4-11(9)10/h8-11,13H,3-7H2,1-2H3. The zero-order valence-electron chi connectivity index (χ0n) is 8.74. The molecule has 13 heavy (non-hydrogen) atoms. The van der Waals surface area contributed by atoms with Crippen molar-refractivity contribution in [1.29, 1.82) is 0 Å². The molecule has 76 valence electrons. The second-order valence-corrected chi connectivity index (χ2v) is 5.49. The van der Waals surface area contributed by atoms with Crippen LogP contribution in [0.5, 0.6) is 0 Å². The zero-order valence-corrected chi connectivity index (χ0v) is 9.63. The minimum absolute atomic E-state index is 0.460. The van der Waals surface area contributed by atoms with Crippen LogP contribution in [-0.2, 0) is 0 Å². The van der Waals surface area contributed by atoms with Gasteiger partial charge >= 0.3 is 0 Å². The fourth-order valence-corrected chi connectivity index (χ4v) is 3.33. The molecule has 0 spiro atoms. The molecule has 0 N–H and O–H groups in total. The maximum absolute atomic E-state index is 4.51. The normalized spacial score (nSPS) is 42.2. The van der Waals surface area contributed by atoms with Crippen molar-refractivity contribution < 1.29 is 0 Å². The van der Waals surface area contributed by atoms with Gasteiger partial charge in [0.25, 0.3) is 0 Å². The minimum atomic E-state index is 0.460. The predicted molar refractivity (Wildman–Crippen MR) is 60.0 cm³/mol. The van der Waals surface area contributed by atoms with Crippen LogP contribution in [0.15, 0.2) is 0 Å². The lowest BCUT2D eigenvalue weighted by Crippen LogP contribution is -2.51. The first-order chi connectivity index (χ1) is 6.22. The Labute approximate surface area is 87.3 Å². The van der Waals surface area contributed by atoms with E-state index in [1.165, 1.54) is 32.4 Å². The van der Waals surface area contributed by atoms with Gasteiger partial charge in [0.1, 0.15) is 0 Å². The molecule has 1 aliphatic carbocycles. The van der Waals surface area contributed by atoms with Crippen LogP contribution in [-0.4, -0.2) is 23.4 Å². The number of rotatable bonds is 2. The highest BCUT2D eigenvalue weighted by atomic mass is 32.1.